The molecule has 136 valence electrons. The van der Waals surface area contributed by atoms with E-state index in [9.17, 15) is 4.79 Å². The third kappa shape index (κ3) is 2.12. The molecule has 3 aromatic carbocycles. The first-order valence-electron chi connectivity index (χ1n) is 9.59. The zero-order valence-electron chi connectivity index (χ0n) is 15.9. The topological polar surface area (TPSA) is 20.3 Å². The lowest BCUT2D eigenvalue weighted by molar-refractivity contribution is 0.0933. The molecule has 2 aliphatic rings. The fourth-order valence-electron chi connectivity index (χ4n) is 4.64. The number of hydrogen-bond acceptors (Lipinski definition) is 2. The first-order valence-corrected chi connectivity index (χ1v) is 9.59. The summed E-state index contributed by atoms with van der Waals surface area (Å²) >= 11 is 0. The highest BCUT2D eigenvalue weighted by Gasteiger charge is 2.54. The van der Waals surface area contributed by atoms with Gasteiger partial charge < -0.3 is 4.90 Å². The second-order valence-corrected chi connectivity index (χ2v) is 7.49. The molecule has 0 saturated heterocycles. The SMILES string of the molecule is C=CCN1c2ccc(C)cc2C(=O)C12C=C(c1ccccc1)c1ccccc12. The molecule has 0 aromatic heterocycles. The number of ketones is 1. The van der Waals surface area contributed by atoms with Crippen molar-refractivity contribution in [1.29, 1.82) is 0 Å². The summed E-state index contributed by atoms with van der Waals surface area (Å²) in [6, 6.07) is 24.8. The molecule has 0 N–H and O–H groups in total. The molecule has 0 amide bonds. The molecular weight excluding hydrogens is 342 g/mol. The summed E-state index contributed by atoms with van der Waals surface area (Å²) in [6.45, 7) is 6.59. The van der Waals surface area contributed by atoms with E-state index in [0.29, 0.717) is 6.54 Å². The second-order valence-electron chi connectivity index (χ2n) is 7.49. The molecular formula is C26H21NO. The molecule has 0 bridgehead atoms. The molecule has 1 spiro atoms. The van der Waals surface area contributed by atoms with Gasteiger partial charge in [0, 0.05) is 17.8 Å². The number of carbonyl (C=O) groups is 1. The van der Waals surface area contributed by atoms with Crippen molar-refractivity contribution >= 4 is 17.0 Å². The average molecular weight is 363 g/mol. The molecule has 0 saturated carbocycles. The lowest BCUT2D eigenvalue weighted by atomic mass is 9.86. The summed E-state index contributed by atoms with van der Waals surface area (Å²) in [6.07, 6.45) is 4.04. The molecule has 2 nitrogen and oxygen atoms in total. The number of carbonyl (C=O) groups excluding carboxylic acids is 1. The van der Waals surface area contributed by atoms with Gasteiger partial charge in [-0.25, -0.2) is 0 Å². The van der Waals surface area contributed by atoms with Crippen LogP contribution in [0.5, 0.6) is 0 Å². The largest absolute Gasteiger partial charge is 0.347 e. The zero-order valence-corrected chi connectivity index (χ0v) is 15.9. The van der Waals surface area contributed by atoms with Gasteiger partial charge in [0.15, 0.2) is 5.78 Å². The van der Waals surface area contributed by atoms with Crippen molar-refractivity contribution in [2.24, 2.45) is 0 Å². The molecule has 2 heteroatoms. The average Bonchev–Trinajstić information content (AvgIpc) is 3.19. The predicted molar refractivity (Wildman–Crippen MR) is 115 cm³/mol. The monoisotopic (exact) mass is 363 g/mol. The van der Waals surface area contributed by atoms with Gasteiger partial charge in [0.1, 0.15) is 5.54 Å². The Labute approximate surface area is 165 Å². The predicted octanol–water partition coefficient (Wildman–Crippen LogP) is 5.52. The summed E-state index contributed by atoms with van der Waals surface area (Å²) in [5, 5.41) is 0. The zero-order chi connectivity index (χ0) is 19.3. The second kappa shape index (κ2) is 6.07. The lowest BCUT2D eigenvalue weighted by Gasteiger charge is -2.34. The molecule has 0 radical (unpaired) electrons. The van der Waals surface area contributed by atoms with Crippen LogP contribution in [0, 0.1) is 6.92 Å². The molecule has 28 heavy (non-hydrogen) atoms. The van der Waals surface area contributed by atoms with Gasteiger partial charge >= 0.3 is 0 Å². The van der Waals surface area contributed by atoms with Crippen LogP contribution in [0.4, 0.5) is 5.69 Å². The number of nitrogens with zero attached hydrogens (tertiary/aromatic N) is 1. The van der Waals surface area contributed by atoms with Crippen molar-refractivity contribution in [2.75, 3.05) is 11.4 Å². The molecule has 1 aliphatic carbocycles. The molecule has 1 heterocycles. The quantitative estimate of drug-likeness (QED) is 0.571. The summed E-state index contributed by atoms with van der Waals surface area (Å²) < 4.78 is 0. The van der Waals surface area contributed by atoms with Crippen molar-refractivity contribution in [3.63, 3.8) is 0 Å². The van der Waals surface area contributed by atoms with Crippen molar-refractivity contribution in [2.45, 2.75) is 12.5 Å². The molecule has 5 rings (SSSR count). The Morgan fingerprint density at radius 2 is 1.71 bits per heavy atom. The summed E-state index contributed by atoms with van der Waals surface area (Å²) in [7, 11) is 0. The van der Waals surface area contributed by atoms with Crippen LogP contribution >= 0.6 is 0 Å². The highest BCUT2D eigenvalue weighted by molar-refractivity contribution is 6.18. The first kappa shape index (κ1) is 16.8. The number of aryl methyl sites for hydroxylation is 1. The van der Waals surface area contributed by atoms with Crippen molar-refractivity contribution < 1.29 is 4.79 Å². The van der Waals surface area contributed by atoms with E-state index in [1.54, 1.807) is 0 Å². The van der Waals surface area contributed by atoms with E-state index in [1.165, 1.54) is 0 Å². The Morgan fingerprint density at radius 1 is 0.964 bits per heavy atom. The van der Waals surface area contributed by atoms with Crippen molar-refractivity contribution in [1.82, 2.24) is 0 Å². The number of rotatable bonds is 3. The Balaban J connectivity index is 1.82. The fourth-order valence-corrected chi connectivity index (χ4v) is 4.64. The van der Waals surface area contributed by atoms with E-state index in [2.05, 4.69) is 54.0 Å². The molecule has 0 fully saturated rings. The van der Waals surface area contributed by atoms with Crippen LogP contribution in [0.2, 0.25) is 0 Å². The Kier molecular flexibility index (Phi) is 3.63. The van der Waals surface area contributed by atoms with E-state index >= 15 is 0 Å². The molecule has 1 atom stereocenters. The number of Topliss-reactive ketones (excluding diaryl/α,β-unsaturated/α-hetero) is 1. The van der Waals surface area contributed by atoms with Crippen molar-refractivity contribution in [3.8, 4) is 0 Å². The number of hydrogen-bond donors (Lipinski definition) is 0. The van der Waals surface area contributed by atoms with Gasteiger partial charge in [-0.2, -0.15) is 0 Å². The third-order valence-electron chi connectivity index (χ3n) is 5.84. The molecule has 1 unspecified atom stereocenters. The van der Waals surface area contributed by atoms with Crippen LogP contribution in [0.25, 0.3) is 5.57 Å². The van der Waals surface area contributed by atoms with Crippen LogP contribution in [0.3, 0.4) is 0 Å². The van der Waals surface area contributed by atoms with Crippen LogP contribution in [0.15, 0.2) is 91.5 Å². The first-order chi connectivity index (χ1) is 13.7. The maximum absolute atomic E-state index is 13.9. The standard InChI is InChI=1S/C26H21NO/c1-3-15-27-24-14-13-18(2)16-21(24)25(28)26(27)17-22(19-9-5-4-6-10-19)20-11-7-8-12-23(20)26/h3-14,16-17H,1,15H2,2H3. The summed E-state index contributed by atoms with van der Waals surface area (Å²) in [5.74, 6) is 0.145. The minimum Gasteiger partial charge on any atom is -0.347 e. The van der Waals surface area contributed by atoms with Gasteiger partial charge in [0.2, 0.25) is 0 Å². The Bertz CT molecular complexity index is 1140. The Morgan fingerprint density at radius 3 is 2.50 bits per heavy atom. The lowest BCUT2D eigenvalue weighted by Crippen LogP contribution is -2.45. The number of anilines is 1. The highest BCUT2D eigenvalue weighted by Crippen LogP contribution is 2.53. The number of fused-ring (bicyclic) bond motifs is 3. The van der Waals surface area contributed by atoms with Gasteiger partial charge in [-0.3, -0.25) is 4.79 Å². The van der Waals surface area contributed by atoms with E-state index in [-0.39, 0.29) is 5.78 Å². The smallest absolute Gasteiger partial charge is 0.199 e. The highest BCUT2D eigenvalue weighted by atomic mass is 16.1. The van der Waals surface area contributed by atoms with Gasteiger partial charge in [-0.15, -0.1) is 6.58 Å². The maximum atomic E-state index is 13.9. The van der Waals surface area contributed by atoms with Crippen molar-refractivity contribution in [3.05, 3.63) is 119 Å². The minimum atomic E-state index is -0.813. The van der Waals surface area contributed by atoms with E-state index in [0.717, 1.165) is 39.1 Å². The van der Waals surface area contributed by atoms with Gasteiger partial charge in [0.25, 0.3) is 0 Å². The van der Waals surface area contributed by atoms with E-state index in [1.807, 2.05) is 49.4 Å². The van der Waals surface area contributed by atoms with Gasteiger partial charge in [0.05, 0.1) is 0 Å². The van der Waals surface area contributed by atoms with E-state index in [4.69, 9.17) is 0 Å². The molecule has 1 aliphatic heterocycles. The minimum absolute atomic E-state index is 0.145. The van der Waals surface area contributed by atoms with Crippen LogP contribution in [0.1, 0.15) is 32.6 Å². The maximum Gasteiger partial charge on any atom is 0.199 e. The van der Waals surface area contributed by atoms with Crippen LogP contribution in [-0.4, -0.2) is 12.3 Å². The van der Waals surface area contributed by atoms with Gasteiger partial charge in [-0.1, -0.05) is 72.3 Å². The third-order valence-corrected chi connectivity index (χ3v) is 5.84. The number of benzene rings is 3. The normalized spacial score (nSPS) is 19.5. The van der Waals surface area contributed by atoms with Crippen LogP contribution < -0.4 is 4.90 Å². The summed E-state index contributed by atoms with van der Waals surface area (Å²) in [4.78, 5) is 16.1. The molecule has 3 aromatic rings. The van der Waals surface area contributed by atoms with E-state index < -0.39 is 5.54 Å². The van der Waals surface area contributed by atoms with Crippen LogP contribution in [-0.2, 0) is 5.54 Å². The van der Waals surface area contributed by atoms with Gasteiger partial charge in [-0.05, 0) is 47.4 Å². The Hall–Kier alpha value is -3.39. The fraction of sp³-hybridized carbons (Fsp3) is 0.115. The summed E-state index contributed by atoms with van der Waals surface area (Å²) in [5.41, 5.74) is 6.48.